The van der Waals surface area contributed by atoms with Gasteiger partial charge in [-0.15, -0.1) is 0 Å². The number of amides is 1. The summed E-state index contributed by atoms with van der Waals surface area (Å²) in [6, 6.07) is 12.2. The number of carbonyl (C=O) groups excluding carboxylic acids is 1. The summed E-state index contributed by atoms with van der Waals surface area (Å²) in [6.07, 6.45) is 3.63. The SMILES string of the molecule is CC(c1nc2ccccc2c(=O)[nH]1)N(CCCCCCN)C(=O)c1cccc(F)c1. The minimum absolute atomic E-state index is 0.247. The summed E-state index contributed by atoms with van der Waals surface area (Å²) < 4.78 is 13.7. The summed E-state index contributed by atoms with van der Waals surface area (Å²) in [5.74, 6) is -0.351. The first kappa shape index (κ1) is 21.6. The second-order valence-electron chi connectivity index (χ2n) is 7.36. The minimum Gasteiger partial charge on any atom is -0.330 e. The number of fused-ring (bicyclic) bond motifs is 1. The molecule has 1 heterocycles. The molecular weight excluding hydrogens is 383 g/mol. The van der Waals surface area contributed by atoms with Crippen LogP contribution < -0.4 is 11.3 Å². The number of aromatic nitrogens is 2. The molecule has 1 aromatic heterocycles. The third-order valence-electron chi connectivity index (χ3n) is 5.18. The molecule has 1 unspecified atom stereocenters. The van der Waals surface area contributed by atoms with Crippen LogP contribution in [0.25, 0.3) is 10.9 Å². The molecule has 3 N–H and O–H groups in total. The van der Waals surface area contributed by atoms with Crippen LogP contribution in [0.15, 0.2) is 53.3 Å². The van der Waals surface area contributed by atoms with Crippen LogP contribution >= 0.6 is 0 Å². The Hall–Kier alpha value is -3.06. The standard InChI is InChI=1S/C23H27FN4O2/c1-16(21-26-20-12-5-4-11-19(20)22(29)27-21)28(14-7-3-2-6-13-25)23(30)17-9-8-10-18(24)15-17/h4-5,8-12,15-16H,2-3,6-7,13-14,25H2,1H3,(H,26,27,29). The van der Waals surface area contributed by atoms with E-state index in [2.05, 4.69) is 9.97 Å². The Morgan fingerprint density at radius 2 is 1.90 bits per heavy atom. The highest BCUT2D eigenvalue weighted by Gasteiger charge is 2.25. The number of rotatable bonds is 9. The van der Waals surface area contributed by atoms with Gasteiger partial charge in [-0.1, -0.05) is 31.0 Å². The first-order valence-electron chi connectivity index (χ1n) is 10.3. The summed E-state index contributed by atoms with van der Waals surface area (Å²) in [4.78, 5) is 34.7. The second kappa shape index (κ2) is 10.1. The molecule has 0 radical (unpaired) electrons. The van der Waals surface area contributed by atoms with Gasteiger partial charge in [-0.3, -0.25) is 9.59 Å². The van der Waals surface area contributed by atoms with E-state index in [1.165, 1.54) is 18.2 Å². The zero-order valence-electron chi connectivity index (χ0n) is 17.1. The van der Waals surface area contributed by atoms with Crippen LogP contribution in [0.3, 0.4) is 0 Å². The van der Waals surface area contributed by atoms with Gasteiger partial charge in [-0.05, 0) is 56.6 Å². The lowest BCUT2D eigenvalue weighted by Crippen LogP contribution is -2.36. The van der Waals surface area contributed by atoms with Crippen molar-refractivity contribution in [3.05, 3.63) is 76.1 Å². The smallest absolute Gasteiger partial charge is 0.258 e. The largest absolute Gasteiger partial charge is 0.330 e. The Morgan fingerprint density at radius 1 is 1.13 bits per heavy atom. The number of para-hydroxylation sites is 1. The van der Waals surface area contributed by atoms with Gasteiger partial charge in [0.2, 0.25) is 0 Å². The third kappa shape index (κ3) is 5.10. The first-order valence-corrected chi connectivity index (χ1v) is 10.3. The molecule has 0 bridgehead atoms. The number of hydrogen-bond donors (Lipinski definition) is 2. The van der Waals surface area contributed by atoms with E-state index in [0.29, 0.717) is 29.8 Å². The monoisotopic (exact) mass is 410 g/mol. The van der Waals surface area contributed by atoms with Gasteiger partial charge in [0.15, 0.2) is 0 Å². The van der Waals surface area contributed by atoms with Crippen molar-refractivity contribution in [3.8, 4) is 0 Å². The van der Waals surface area contributed by atoms with Crippen molar-refractivity contribution in [1.29, 1.82) is 0 Å². The average Bonchev–Trinajstić information content (AvgIpc) is 2.75. The number of benzene rings is 2. The molecule has 3 rings (SSSR count). The Kier molecular flexibility index (Phi) is 7.30. The van der Waals surface area contributed by atoms with E-state index in [1.54, 1.807) is 29.2 Å². The maximum absolute atomic E-state index is 13.7. The summed E-state index contributed by atoms with van der Waals surface area (Å²) in [6.45, 7) is 2.94. The fourth-order valence-electron chi connectivity index (χ4n) is 3.49. The Bertz CT molecular complexity index is 1070. The lowest BCUT2D eigenvalue weighted by molar-refractivity contribution is 0.0678. The topological polar surface area (TPSA) is 92.1 Å². The fraction of sp³-hybridized carbons (Fsp3) is 0.348. The molecule has 0 aliphatic rings. The third-order valence-corrected chi connectivity index (χ3v) is 5.18. The normalized spacial score (nSPS) is 12.1. The van der Waals surface area contributed by atoms with Crippen LogP contribution in [0.1, 0.15) is 54.8 Å². The number of nitrogens with two attached hydrogens (primary N) is 1. The van der Waals surface area contributed by atoms with Crippen LogP contribution in [-0.2, 0) is 0 Å². The van der Waals surface area contributed by atoms with Crippen molar-refractivity contribution in [2.24, 2.45) is 5.73 Å². The predicted octanol–water partition coefficient (Wildman–Crippen LogP) is 3.78. The van der Waals surface area contributed by atoms with Crippen molar-refractivity contribution in [2.45, 2.75) is 38.6 Å². The average molecular weight is 410 g/mol. The summed E-state index contributed by atoms with van der Waals surface area (Å²) >= 11 is 0. The van der Waals surface area contributed by atoms with E-state index in [0.717, 1.165) is 25.7 Å². The molecule has 0 aliphatic carbocycles. The maximum Gasteiger partial charge on any atom is 0.258 e. The van der Waals surface area contributed by atoms with Crippen molar-refractivity contribution < 1.29 is 9.18 Å². The number of nitrogens with one attached hydrogen (secondary N) is 1. The second-order valence-corrected chi connectivity index (χ2v) is 7.36. The van der Waals surface area contributed by atoms with Gasteiger partial charge in [0.05, 0.1) is 16.9 Å². The maximum atomic E-state index is 13.7. The molecule has 0 saturated heterocycles. The quantitative estimate of drug-likeness (QED) is 0.525. The summed E-state index contributed by atoms with van der Waals surface area (Å²) in [5, 5.41) is 0.498. The number of unbranched alkanes of at least 4 members (excludes halogenated alkanes) is 3. The van der Waals surface area contributed by atoms with Gasteiger partial charge < -0.3 is 15.6 Å². The molecule has 0 aliphatic heterocycles. The molecule has 0 fully saturated rings. The molecule has 0 saturated carbocycles. The predicted molar refractivity (Wildman–Crippen MR) is 116 cm³/mol. The molecule has 7 heteroatoms. The lowest BCUT2D eigenvalue weighted by Gasteiger charge is -2.29. The minimum atomic E-state index is -0.479. The lowest BCUT2D eigenvalue weighted by atomic mass is 10.1. The van der Waals surface area contributed by atoms with E-state index in [1.807, 2.05) is 13.0 Å². The molecule has 6 nitrogen and oxygen atoms in total. The molecule has 158 valence electrons. The number of carbonyl (C=O) groups is 1. The zero-order chi connectivity index (χ0) is 21.5. The van der Waals surface area contributed by atoms with Gasteiger partial charge in [0.1, 0.15) is 11.6 Å². The van der Waals surface area contributed by atoms with Crippen LogP contribution in [0.2, 0.25) is 0 Å². The van der Waals surface area contributed by atoms with Crippen LogP contribution in [0.4, 0.5) is 4.39 Å². The molecule has 1 atom stereocenters. The van der Waals surface area contributed by atoms with E-state index < -0.39 is 11.9 Å². The molecule has 2 aromatic carbocycles. The van der Waals surface area contributed by atoms with Crippen molar-refractivity contribution in [1.82, 2.24) is 14.9 Å². The Balaban J connectivity index is 1.90. The van der Waals surface area contributed by atoms with Crippen LogP contribution in [0, 0.1) is 5.82 Å². The highest BCUT2D eigenvalue weighted by molar-refractivity contribution is 5.94. The number of nitrogens with zero attached hydrogens (tertiary/aromatic N) is 2. The van der Waals surface area contributed by atoms with Crippen molar-refractivity contribution >= 4 is 16.8 Å². The van der Waals surface area contributed by atoms with Gasteiger partial charge >= 0.3 is 0 Å². The Morgan fingerprint density at radius 3 is 2.67 bits per heavy atom. The van der Waals surface area contributed by atoms with Gasteiger partial charge in [0.25, 0.3) is 11.5 Å². The van der Waals surface area contributed by atoms with Crippen LogP contribution in [0.5, 0.6) is 0 Å². The number of H-pyrrole nitrogens is 1. The van der Waals surface area contributed by atoms with Gasteiger partial charge in [0, 0.05) is 12.1 Å². The van der Waals surface area contributed by atoms with E-state index in [4.69, 9.17) is 5.73 Å². The van der Waals surface area contributed by atoms with Crippen molar-refractivity contribution in [3.63, 3.8) is 0 Å². The highest BCUT2D eigenvalue weighted by atomic mass is 19.1. The number of hydrogen-bond acceptors (Lipinski definition) is 4. The van der Waals surface area contributed by atoms with Gasteiger partial charge in [-0.2, -0.15) is 0 Å². The number of halogens is 1. The van der Waals surface area contributed by atoms with E-state index in [9.17, 15) is 14.0 Å². The number of aromatic amines is 1. The van der Waals surface area contributed by atoms with Crippen LogP contribution in [-0.4, -0.2) is 33.9 Å². The molecule has 3 aromatic rings. The molecule has 0 spiro atoms. The molecule has 1 amide bonds. The molecule has 30 heavy (non-hydrogen) atoms. The summed E-state index contributed by atoms with van der Waals surface area (Å²) in [7, 11) is 0. The highest BCUT2D eigenvalue weighted by Crippen LogP contribution is 2.22. The molecular formula is C23H27FN4O2. The van der Waals surface area contributed by atoms with E-state index >= 15 is 0 Å². The Labute approximate surface area is 174 Å². The van der Waals surface area contributed by atoms with E-state index in [-0.39, 0.29) is 17.0 Å². The first-order chi connectivity index (χ1) is 14.5. The van der Waals surface area contributed by atoms with Gasteiger partial charge in [-0.25, -0.2) is 9.37 Å². The summed E-state index contributed by atoms with van der Waals surface area (Å²) in [5.41, 5.74) is 6.15. The zero-order valence-corrected chi connectivity index (χ0v) is 17.1. The fourth-order valence-corrected chi connectivity index (χ4v) is 3.49. The van der Waals surface area contributed by atoms with Crippen molar-refractivity contribution in [2.75, 3.05) is 13.1 Å².